The Morgan fingerprint density at radius 3 is 2.61 bits per heavy atom. The molecule has 1 aliphatic rings. The minimum absolute atomic E-state index is 0.0268. The quantitative estimate of drug-likeness (QED) is 0.282. The molecule has 1 saturated heterocycles. The van der Waals surface area contributed by atoms with Gasteiger partial charge in [0, 0.05) is 6.92 Å². The highest BCUT2D eigenvalue weighted by Crippen LogP contribution is 2.37. The molecule has 1 aliphatic heterocycles. The van der Waals surface area contributed by atoms with Crippen LogP contribution in [0.3, 0.4) is 0 Å². The summed E-state index contributed by atoms with van der Waals surface area (Å²) in [5.74, 6) is -1.12. The number of amides is 3. The van der Waals surface area contributed by atoms with Crippen molar-refractivity contribution in [2.45, 2.75) is 13.5 Å². The van der Waals surface area contributed by atoms with Crippen LogP contribution in [0.5, 0.6) is 11.5 Å². The number of ether oxygens (including phenoxy) is 3. The SMILES string of the molecule is COC(=O)c1ccc(CN2C(=O)NC(=Cc3cc(Br)c(OC(C)=O)c(OC)c3)C2=O)o1. The Balaban J connectivity index is 1.83. The van der Waals surface area contributed by atoms with Crippen LogP contribution in [-0.2, 0) is 20.9 Å². The highest BCUT2D eigenvalue weighted by atomic mass is 79.9. The molecule has 162 valence electrons. The number of carbonyl (C=O) groups excluding carboxylic acids is 4. The van der Waals surface area contributed by atoms with Crippen molar-refractivity contribution in [1.82, 2.24) is 10.2 Å². The summed E-state index contributed by atoms with van der Waals surface area (Å²) in [6.45, 7) is 1.09. The number of hydrogen-bond acceptors (Lipinski definition) is 8. The first kappa shape index (κ1) is 22.1. The lowest BCUT2D eigenvalue weighted by Gasteiger charge is -2.11. The number of methoxy groups -OCH3 is 2. The number of urea groups is 1. The van der Waals surface area contributed by atoms with E-state index in [9.17, 15) is 19.2 Å². The Labute approximate surface area is 184 Å². The van der Waals surface area contributed by atoms with Crippen molar-refractivity contribution >= 4 is 45.9 Å². The number of furan rings is 1. The van der Waals surface area contributed by atoms with E-state index in [4.69, 9.17) is 13.9 Å². The molecular weight excluding hydrogens is 476 g/mol. The molecule has 1 aromatic carbocycles. The van der Waals surface area contributed by atoms with E-state index in [1.165, 1.54) is 39.4 Å². The number of imide groups is 1. The van der Waals surface area contributed by atoms with Crippen LogP contribution < -0.4 is 14.8 Å². The Kier molecular flexibility index (Phi) is 6.44. The van der Waals surface area contributed by atoms with Crippen LogP contribution in [0.1, 0.15) is 28.8 Å². The molecule has 0 saturated carbocycles. The van der Waals surface area contributed by atoms with E-state index in [0.717, 1.165) is 4.90 Å². The number of hydrogen-bond donors (Lipinski definition) is 1. The molecule has 0 spiro atoms. The molecule has 0 bridgehead atoms. The predicted molar refractivity (Wildman–Crippen MR) is 109 cm³/mol. The van der Waals surface area contributed by atoms with Gasteiger partial charge in [0.2, 0.25) is 5.76 Å². The van der Waals surface area contributed by atoms with Gasteiger partial charge in [-0.1, -0.05) is 0 Å². The summed E-state index contributed by atoms with van der Waals surface area (Å²) < 4.78 is 20.7. The number of nitrogens with zero attached hydrogens (tertiary/aromatic N) is 1. The van der Waals surface area contributed by atoms with E-state index in [1.54, 1.807) is 12.1 Å². The maximum Gasteiger partial charge on any atom is 0.373 e. The molecule has 11 heteroatoms. The van der Waals surface area contributed by atoms with E-state index < -0.39 is 23.9 Å². The molecule has 1 N–H and O–H groups in total. The first-order chi connectivity index (χ1) is 14.7. The molecule has 1 aromatic heterocycles. The van der Waals surface area contributed by atoms with Crippen molar-refractivity contribution < 1.29 is 37.8 Å². The van der Waals surface area contributed by atoms with E-state index >= 15 is 0 Å². The highest BCUT2D eigenvalue weighted by molar-refractivity contribution is 9.10. The van der Waals surface area contributed by atoms with Gasteiger partial charge in [0.25, 0.3) is 5.91 Å². The maximum atomic E-state index is 12.7. The van der Waals surface area contributed by atoms with Crippen molar-refractivity contribution in [1.29, 1.82) is 0 Å². The van der Waals surface area contributed by atoms with Crippen molar-refractivity contribution in [2.75, 3.05) is 14.2 Å². The molecule has 0 atom stereocenters. The summed E-state index contributed by atoms with van der Waals surface area (Å²) in [5, 5.41) is 2.49. The van der Waals surface area contributed by atoms with Crippen molar-refractivity contribution in [3.05, 3.63) is 51.5 Å². The lowest BCUT2D eigenvalue weighted by molar-refractivity contribution is -0.132. The number of benzene rings is 1. The van der Waals surface area contributed by atoms with Crippen LogP contribution in [0.2, 0.25) is 0 Å². The molecule has 10 nitrogen and oxygen atoms in total. The lowest BCUT2D eigenvalue weighted by atomic mass is 10.1. The molecular formula is C20H17BrN2O8. The Morgan fingerprint density at radius 2 is 1.97 bits per heavy atom. The summed E-state index contributed by atoms with van der Waals surface area (Å²) in [6, 6.07) is 5.38. The summed E-state index contributed by atoms with van der Waals surface area (Å²) in [7, 11) is 2.62. The highest BCUT2D eigenvalue weighted by Gasteiger charge is 2.34. The first-order valence-corrected chi connectivity index (χ1v) is 9.60. The van der Waals surface area contributed by atoms with Gasteiger partial charge in [0.05, 0.1) is 25.2 Å². The third kappa shape index (κ3) is 4.77. The Morgan fingerprint density at radius 1 is 1.23 bits per heavy atom. The molecule has 1 fully saturated rings. The van der Waals surface area contributed by atoms with E-state index in [-0.39, 0.29) is 35.3 Å². The predicted octanol–water partition coefficient (Wildman–Crippen LogP) is 2.86. The normalized spacial score (nSPS) is 14.6. The molecule has 0 aliphatic carbocycles. The standard InChI is InChI=1S/C20H17BrN2O8/c1-10(24)30-17-13(21)6-11(8-16(17)28-2)7-14-18(25)23(20(27)22-14)9-12-4-5-15(31-12)19(26)29-3/h4-8H,9H2,1-3H3,(H,22,27). The van der Waals surface area contributed by atoms with Crippen LogP contribution in [0.25, 0.3) is 6.08 Å². The monoisotopic (exact) mass is 492 g/mol. The minimum atomic E-state index is -0.666. The minimum Gasteiger partial charge on any atom is -0.493 e. The Bertz CT molecular complexity index is 1100. The van der Waals surface area contributed by atoms with E-state index in [1.807, 2.05) is 0 Å². The van der Waals surface area contributed by atoms with Crippen LogP contribution in [0.4, 0.5) is 4.79 Å². The number of carbonyl (C=O) groups is 4. The van der Waals surface area contributed by atoms with Crippen LogP contribution >= 0.6 is 15.9 Å². The largest absolute Gasteiger partial charge is 0.493 e. The fraction of sp³-hybridized carbons (Fsp3) is 0.200. The molecule has 3 rings (SSSR count). The second-order valence-electron chi connectivity index (χ2n) is 6.26. The zero-order chi connectivity index (χ0) is 22.7. The first-order valence-electron chi connectivity index (χ1n) is 8.81. The second-order valence-corrected chi connectivity index (χ2v) is 7.12. The molecule has 2 heterocycles. The number of esters is 2. The van der Waals surface area contributed by atoms with Gasteiger partial charge in [-0.2, -0.15) is 0 Å². The van der Waals surface area contributed by atoms with Gasteiger partial charge in [0.15, 0.2) is 11.5 Å². The molecule has 0 radical (unpaired) electrons. The van der Waals surface area contributed by atoms with Gasteiger partial charge in [0.1, 0.15) is 11.5 Å². The van der Waals surface area contributed by atoms with Crippen LogP contribution in [0.15, 0.2) is 38.9 Å². The number of halogens is 1. The lowest BCUT2D eigenvalue weighted by Crippen LogP contribution is -2.30. The van der Waals surface area contributed by atoms with Gasteiger partial charge < -0.3 is 23.9 Å². The van der Waals surface area contributed by atoms with Crippen molar-refractivity contribution in [3.8, 4) is 11.5 Å². The summed E-state index contributed by atoms with van der Waals surface area (Å²) in [5.41, 5.74) is 0.537. The average Bonchev–Trinajstić information content (AvgIpc) is 3.29. The van der Waals surface area contributed by atoms with Crippen LogP contribution in [-0.4, -0.2) is 43.0 Å². The summed E-state index contributed by atoms with van der Waals surface area (Å²) in [6.07, 6.45) is 1.45. The smallest absolute Gasteiger partial charge is 0.373 e. The van der Waals surface area contributed by atoms with Gasteiger partial charge in [-0.15, -0.1) is 0 Å². The number of nitrogens with one attached hydrogen (secondary N) is 1. The van der Waals surface area contributed by atoms with Gasteiger partial charge >= 0.3 is 18.0 Å². The zero-order valence-corrected chi connectivity index (χ0v) is 18.3. The zero-order valence-electron chi connectivity index (χ0n) is 16.7. The fourth-order valence-electron chi connectivity index (χ4n) is 2.78. The molecule has 2 aromatic rings. The van der Waals surface area contributed by atoms with E-state index in [2.05, 4.69) is 26.0 Å². The Hall–Kier alpha value is -3.60. The molecule has 0 unspecified atom stereocenters. The third-order valence-electron chi connectivity index (χ3n) is 4.13. The molecule has 31 heavy (non-hydrogen) atoms. The topological polar surface area (TPSA) is 124 Å². The molecule has 3 amide bonds. The maximum absolute atomic E-state index is 12.7. The van der Waals surface area contributed by atoms with Gasteiger partial charge in [-0.25, -0.2) is 9.59 Å². The van der Waals surface area contributed by atoms with Gasteiger partial charge in [-0.05, 0) is 51.8 Å². The van der Waals surface area contributed by atoms with Gasteiger partial charge in [-0.3, -0.25) is 14.5 Å². The number of rotatable bonds is 6. The van der Waals surface area contributed by atoms with E-state index in [0.29, 0.717) is 10.0 Å². The van der Waals surface area contributed by atoms with Crippen molar-refractivity contribution in [3.63, 3.8) is 0 Å². The summed E-state index contributed by atoms with van der Waals surface area (Å²) in [4.78, 5) is 48.7. The van der Waals surface area contributed by atoms with Crippen molar-refractivity contribution in [2.24, 2.45) is 0 Å². The summed E-state index contributed by atoms with van der Waals surface area (Å²) >= 11 is 3.30. The average molecular weight is 493 g/mol. The fourth-order valence-corrected chi connectivity index (χ4v) is 3.32. The third-order valence-corrected chi connectivity index (χ3v) is 4.72. The van der Waals surface area contributed by atoms with Crippen LogP contribution in [0, 0.1) is 0 Å². The second kappa shape index (κ2) is 9.04.